The molecule has 0 atom stereocenters. The van der Waals surface area contributed by atoms with Crippen LogP contribution in [0.4, 0.5) is 0 Å². The van der Waals surface area contributed by atoms with Gasteiger partial charge in [-0.15, -0.1) is 0 Å². The fourth-order valence-electron chi connectivity index (χ4n) is 1.87. The Bertz CT molecular complexity index is 252. The van der Waals surface area contributed by atoms with E-state index in [0.717, 1.165) is 6.04 Å². The third kappa shape index (κ3) is 9.20. The molecule has 0 radical (unpaired) electrons. The molecule has 3 nitrogen and oxygen atoms in total. The van der Waals surface area contributed by atoms with Crippen LogP contribution in [-0.4, -0.2) is 33.9 Å². The van der Waals surface area contributed by atoms with Crippen molar-refractivity contribution < 1.29 is 12.7 Å². The minimum absolute atomic E-state index is 0.683. The Kier molecular flexibility index (Phi) is 6.37. The van der Waals surface area contributed by atoms with Crippen molar-refractivity contribution in [1.82, 2.24) is 0 Å². The van der Waals surface area contributed by atoms with Crippen molar-refractivity contribution in [2.45, 2.75) is 64.5 Å². The first-order valence-electron chi connectivity index (χ1n) is 6.29. The molecule has 0 spiro atoms. The van der Waals surface area contributed by atoms with Gasteiger partial charge in [-0.2, -0.15) is 0 Å². The Balaban J connectivity index is 4.87. The first kappa shape index (κ1) is 17.6. The first-order valence-corrected chi connectivity index (χ1v) is 17.5. The summed E-state index contributed by atoms with van der Waals surface area (Å²) in [5, 5.41) is 0. The molecule has 0 aliphatic heterocycles. The molecule has 0 N–H and O–H groups in total. The van der Waals surface area contributed by atoms with Gasteiger partial charge >= 0.3 is 8.56 Å². The summed E-state index contributed by atoms with van der Waals surface area (Å²) in [5.41, 5.74) is 0.683. The van der Waals surface area contributed by atoms with Gasteiger partial charge in [0, 0.05) is 5.67 Å². The summed E-state index contributed by atoms with van der Waals surface area (Å²) < 4.78 is 24.5. The van der Waals surface area contributed by atoms with Crippen LogP contribution in [0.3, 0.4) is 0 Å². The van der Waals surface area contributed by atoms with E-state index in [0.29, 0.717) is 5.67 Å². The van der Waals surface area contributed by atoms with Crippen molar-refractivity contribution >= 4 is 33.9 Å². The molecule has 7 heteroatoms. The highest BCUT2D eigenvalue weighted by Gasteiger charge is 2.41. The van der Waals surface area contributed by atoms with E-state index in [1.165, 1.54) is 0 Å². The molecule has 0 aliphatic carbocycles. The Labute approximate surface area is 111 Å². The zero-order valence-corrected chi connectivity index (χ0v) is 16.6. The largest absolute Gasteiger partial charge is 0.437 e. The lowest BCUT2D eigenvalue weighted by molar-refractivity contribution is 0.390. The van der Waals surface area contributed by atoms with E-state index < -0.39 is 33.9 Å². The Morgan fingerprint density at radius 3 is 1.47 bits per heavy atom. The highest BCUT2D eigenvalue weighted by atomic mass is 28.5. The van der Waals surface area contributed by atoms with Crippen LogP contribution in [0.5, 0.6) is 0 Å². The molecule has 102 valence electrons. The lowest BCUT2D eigenvalue weighted by Crippen LogP contribution is -2.53. The van der Waals surface area contributed by atoms with E-state index in [-0.39, 0.29) is 0 Å². The lowest BCUT2D eigenvalue weighted by Gasteiger charge is -2.38. The molecule has 0 aliphatic rings. The van der Waals surface area contributed by atoms with Crippen LogP contribution in [-0.2, 0) is 12.7 Å². The van der Waals surface area contributed by atoms with Crippen LogP contribution in [0.1, 0.15) is 6.92 Å². The molecule has 0 unspecified atom stereocenters. The number of hydrogen-bond acceptors (Lipinski definition) is 3. The summed E-state index contributed by atoms with van der Waals surface area (Å²) in [5.74, 6) is 0. The van der Waals surface area contributed by atoms with Crippen LogP contribution in [0.15, 0.2) is 0 Å². The maximum atomic E-state index is 11.9. The van der Waals surface area contributed by atoms with E-state index in [2.05, 4.69) is 45.8 Å². The molecule has 0 fully saturated rings. The third-order valence-electron chi connectivity index (χ3n) is 1.96. The standard InChI is InChI=1S/C10H28O3Si4/c1-9-14(11)10-17(8,12-15(2,3)4)13-16(5,6)7/h9-10H2,1-8H3. The van der Waals surface area contributed by atoms with Crippen molar-refractivity contribution in [3.05, 3.63) is 0 Å². The smallest absolute Gasteiger partial charge is 0.318 e. The van der Waals surface area contributed by atoms with E-state index in [9.17, 15) is 4.46 Å². The Morgan fingerprint density at radius 2 is 1.24 bits per heavy atom. The van der Waals surface area contributed by atoms with E-state index in [4.69, 9.17) is 8.23 Å². The summed E-state index contributed by atoms with van der Waals surface area (Å²) in [6.07, 6.45) is 0. The Hall–Kier alpha value is 0.588. The summed E-state index contributed by atoms with van der Waals surface area (Å²) in [6.45, 7) is 17.1. The third-order valence-corrected chi connectivity index (χ3v) is 15.2. The molecule has 0 saturated carbocycles. The molecule has 0 bridgehead atoms. The summed E-state index contributed by atoms with van der Waals surface area (Å²) >= 11 is 0. The van der Waals surface area contributed by atoms with Gasteiger partial charge in [-0.1, -0.05) is 6.92 Å². The highest BCUT2D eigenvalue weighted by Crippen LogP contribution is 2.24. The van der Waals surface area contributed by atoms with Gasteiger partial charge in [0.2, 0.25) is 0 Å². The van der Waals surface area contributed by atoms with E-state index in [1.54, 1.807) is 0 Å². The van der Waals surface area contributed by atoms with Gasteiger partial charge in [0.15, 0.2) is 16.6 Å². The lowest BCUT2D eigenvalue weighted by atomic mass is 11.0. The average Bonchev–Trinajstić information content (AvgIpc) is 1.94. The molecule has 0 heterocycles. The van der Waals surface area contributed by atoms with Crippen molar-refractivity contribution in [3.63, 3.8) is 0 Å². The van der Waals surface area contributed by atoms with Crippen LogP contribution in [0, 0.1) is 0 Å². The fourth-order valence-corrected chi connectivity index (χ4v) is 18.5. The van der Waals surface area contributed by atoms with Crippen molar-refractivity contribution in [2.24, 2.45) is 0 Å². The van der Waals surface area contributed by atoms with Gasteiger partial charge in [-0.05, 0) is 51.9 Å². The average molecular weight is 309 g/mol. The summed E-state index contributed by atoms with van der Waals surface area (Å²) in [6, 6.07) is 0.761. The molecule has 0 aromatic carbocycles. The van der Waals surface area contributed by atoms with E-state index in [1.807, 2.05) is 6.92 Å². The molecule has 0 aromatic rings. The SMILES string of the molecule is CC[Si](=O)C[Si](C)(O[Si](C)(C)C)O[Si](C)(C)C. The minimum Gasteiger partial charge on any atom is -0.437 e. The van der Waals surface area contributed by atoms with Crippen LogP contribution in [0.25, 0.3) is 0 Å². The van der Waals surface area contributed by atoms with Crippen molar-refractivity contribution in [1.29, 1.82) is 0 Å². The van der Waals surface area contributed by atoms with Gasteiger partial charge in [-0.3, -0.25) is 0 Å². The van der Waals surface area contributed by atoms with Gasteiger partial charge in [0.25, 0.3) is 8.68 Å². The minimum atomic E-state index is -2.25. The van der Waals surface area contributed by atoms with Crippen molar-refractivity contribution in [3.8, 4) is 0 Å². The molecular formula is C10H28O3Si4. The predicted octanol–water partition coefficient (Wildman–Crippen LogP) is 3.74. The zero-order chi connectivity index (χ0) is 13.9. The number of hydrogen-bond donors (Lipinski definition) is 0. The quantitative estimate of drug-likeness (QED) is 0.672. The molecule has 0 amide bonds. The van der Waals surface area contributed by atoms with Crippen molar-refractivity contribution in [2.75, 3.05) is 0 Å². The highest BCUT2D eigenvalue weighted by molar-refractivity contribution is 6.91. The van der Waals surface area contributed by atoms with E-state index >= 15 is 0 Å². The first-order chi connectivity index (χ1) is 7.37. The predicted molar refractivity (Wildman–Crippen MR) is 82.2 cm³/mol. The maximum Gasteiger partial charge on any atom is 0.318 e. The molecular weight excluding hydrogens is 280 g/mol. The fraction of sp³-hybridized carbons (Fsp3) is 1.00. The summed E-state index contributed by atoms with van der Waals surface area (Å²) in [7, 11) is -7.04. The van der Waals surface area contributed by atoms with Crippen LogP contribution < -0.4 is 0 Å². The second kappa shape index (κ2) is 6.16. The molecule has 0 rings (SSSR count). The van der Waals surface area contributed by atoms with Crippen LogP contribution >= 0.6 is 0 Å². The molecule has 0 aromatic heterocycles. The van der Waals surface area contributed by atoms with Gasteiger partial charge < -0.3 is 12.7 Å². The summed E-state index contributed by atoms with van der Waals surface area (Å²) in [4.78, 5) is 0. The van der Waals surface area contributed by atoms with Gasteiger partial charge in [0.05, 0.1) is 0 Å². The topological polar surface area (TPSA) is 35.5 Å². The normalized spacial score (nSPS) is 13.9. The monoisotopic (exact) mass is 308 g/mol. The molecule has 0 saturated heterocycles. The number of rotatable bonds is 7. The second-order valence-electron chi connectivity index (χ2n) is 6.63. The molecule has 17 heavy (non-hydrogen) atoms. The second-order valence-corrected chi connectivity index (χ2v) is 22.2. The van der Waals surface area contributed by atoms with Gasteiger partial charge in [-0.25, -0.2) is 0 Å². The maximum absolute atomic E-state index is 11.9. The van der Waals surface area contributed by atoms with Crippen LogP contribution in [0.2, 0.25) is 57.5 Å². The zero-order valence-electron chi connectivity index (χ0n) is 12.6. The Morgan fingerprint density at radius 1 is 0.882 bits per heavy atom. The van der Waals surface area contributed by atoms with Gasteiger partial charge in [0.1, 0.15) is 0 Å².